The fourth-order valence-electron chi connectivity index (χ4n) is 6.94. The summed E-state index contributed by atoms with van der Waals surface area (Å²) in [7, 11) is 4.35. The van der Waals surface area contributed by atoms with Gasteiger partial charge in [0, 0.05) is 24.7 Å². The summed E-state index contributed by atoms with van der Waals surface area (Å²) in [6.45, 7) is 7.18. The fourth-order valence-corrected chi connectivity index (χ4v) is 6.94. The highest BCUT2D eigenvalue weighted by molar-refractivity contribution is 5.43. The molecule has 3 N–H and O–H groups in total. The molecule has 0 bridgehead atoms. The van der Waals surface area contributed by atoms with Crippen molar-refractivity contribution < 1.29 is 22.3 Å². The van der Waals surface area contributed by atoms with Crippen LogP contribution in [0.5, 0.6) is 5.75 Å². The van der Waals surface area contributed by atoms with Gasteiger partial charge in [0.05, 0.1) is 6.20 Å². The number of anilines is 2. The van der Waals surface area contributed by atoms with E-state index in [0.29, 0.717) is 18.4 Å². The molecule has 2 saturated carbocycles. The first-order valence-corrected chi connectivity index (χ1v) is 15.1. The van der Waals surface area contributed by atoms with Crippen LogP contribution in [0.25, 0.3) is 0 Å². The maximum absolute atomic E-state index is 14.7. The molecule has 2 aliphatic carbocycles. The van der Waals surface area contributed by atoms with Gasteiger partial charge in [-0.15, -0.1) is 13.2 Å². The van der Waals surface area contributed by atoms with Crippen molar-refractivity contribution in [2.75, 3.05) is 44.4 Å². The van der Waals surface area contributed by atoms with E-state index in [-0.39, 0.29) is 35.0 Å². The molecule has 3 atom stereocenters. The van der Waals surface area contributed by atoms with Gasteiger partial charge >= 0.3 is 6.36 Å². The maximum Gasteiger partial charge on any atom is 0.573 e. The molecule has 7 nitrogen and oxygen atoms in total. The van der Waals surface area contributed by atoms with E-state index in [1.54, 1.807) is 6.07 Å². The van der Waals surface area contributed by atoms with E-state index in [4.69, 9.17) is 0 Å². The number of hydrogen-bond acceptors (Lipinski definition) is 7. The minimum atomic E-state index is -4.80. The minimum Gasteiger partial charge on any atom is -0.405 e. The lowest BCUT2D eigenvalue weighted by Crippen LogP contribution is -2.40. The molecule has 0 radical (unpaired) electrons. The Bertz CT molecular complexity index is 1140. The quantitative estimate of drug-likeness (QED) is 0.237. The van der Waals surface area contributed by atoms with Gasteiger partial charge in [-0.1, -0.05) is 32.0 Å². The molecule has 42 heavy (non-hydrogen) atoms. The zero-order valence-electron chi connectivity index (χ0n) is 25.2. The molecule has 1 heterocycles. The van der Waals surface area contributed by atoms with Crippen molar-refractivity contribution in [2.45, 2.75) is 77.7 Å². The molecule has 0 spiro atoms. The average molecular weight is 595 g/mol. The third kappa shape index (κ3) is 9.69. The monoisotopic (exact) mass is 594 g/mol. The first-order chi connectivity index (χ1) is 19.9. The van der Waals surface area contributed by atoms with Crippen LogP contribution in [-0.4, -0.2) is 61.0 Å². The first-order valence-electron chi connectivity index (χ1n) is 15.1. The second-order valence-corrected chi connectivity index (χ2v) is 13.0. The Labute approximate surface area is 247 Å². The van der Waals surface area contributed by atoms with Gasteiger partial charge in [-0.3, -0.25) is 0 Å². The van der Waals surface area contributed by atoms with Crippen molar-refractivity contribution in [1.82, 2.24) is 20.2 Å². The van der Waals surface area contributed by atoms with Crippen molar-refractivity contribution in [3.8, 4) is 5.75 Å². The van der Waals surface area contributed by atoms with Crippen LogP contribution < -0.4 is 20.7 Å². The van der Waals surface area contributed by atoms with E-state index < -0.39 is 12.2 Å². The lowest BCUT2D eigenvalue weighted by molar-refractivity contribution is -0.274. The standard InChI is InChI=1S/C31H46F4N6O/c1-21-13-23(17-36-16-22-9-11-25(12-10-22)41(3)4)15-30(2,14-21)20-39-28-26(32)19-38-29(40-28)37-18-24-7-5-6-8-27(24)42-31(33,34)35/h5-8,19,21-23,25,36H,9-18,20H2,1-4H3,(H2,37,38,39,40)/t21?,22?,23-,25?,30-/m1/s1. The van der Waals surface area contributed by atoms with Gasteiger partial charge in [0.25, 0.3) is 0 Å². The van der Waals surface area contributed by atoms with Crippen molar-refractivity contribution >= 4 is 11.8 Å². The highest BCUT2D eigenvalue weighted by Gasteiger charge is 2.36. The molecule has 11 heteroatoms. The summed E-state index contributed by atoms with van der Waals surface area (Å²) in [5, 5.41) is 9.86. The molecule has 2 aromatic rings. The molecule has 4 rings (SSSR count). The van der Waals surface area contributed by atoms with Crippen LogP contribution in [0, 0.1) is 29.0 Å². The number of halogens is 4. The van der Waals surface area contributed by atoms with Gasteiger partial charge in [0.2, 0.25) is 5.95 Å². The number of alkyl halides is 3. The summed E-state index contributed by atoms with van der Waals surface area (Å²) in [6, 6.07) is 6.56. The Kier molecular flexibility index (Phi) is 10.9. The predicted molar refractivity (Wildman–Crippen MR) is 158 cm³/mol. The van der Waals surface area contributed by atoms with E-state index in [1.165, 1.54) is 50.3 Å². The van der Waals surface area contributed by atoms with E-state index in [0.717, 1.165) is 44.1 Å². The van der Waals surface area contributed by atoms with Gasteiger partial charge in [0.1, 0.15) is 5.75 Å². The van der Waals surface area contributed by atoms with Gasteiger partial charge in [-0.2, -0.15) is 4.98 Å². The summed E-state index contributed by atoms with van der Waals surface area (Å²) >= 11 is 0. The molecule has 1 aromatic heterocycles. The summed E-state index contributed by atoms with van der Waals surface area (Å²) < 4.78 is 57.0. The van der Waals surface area contributed by atoms with Gasteiger partial charge in [-0.05, 0) is 101 Å². The second-order valence-electron chi connectivity index (χ2n) is 13.0. The summed E-state index contributed by atoms with van der Waals surface area (Å²) in [5.41, 5.74) is 0.258. The Balaban J connectivity index is 1.28. The smallest absolute Gasteiger partial charge is 0.405 e. The summed E-state index contributed by atoms with van der Waals surface area (Å²) in [4.78, 5) is 10.6. The SMILES string of the molecule is CC1C[C@@H](CNCC2CCC(N(C)C)CC2)C[C@](C)(CNc2nc(NCc3ccccc3OC(F)(F)F)ncc2F)C1. The van der Waals surface area contributed by atoms with Crippen LogP contribution in [-0.2, 0) is 6.54 Å². The summed E-state index contributed by atoms with van der Waals surface area (Å²) in [6.07, 6.45) is 4.66. The number of rotatable bonds is 12. The molecule has 2 fully saturated rings. The largest absolute Gasteiger partial charge is 0.573 e. The molecule has 0 amide bonds. The highest BCUT2D eigenvalue weighted by atomic mass is 19.4. The molecule has 1 unspecified atom stereocenters. The third-order valence-electron chi connectivity index (χ3n) is 8.83. The maximum atomic E-state index is 14.7. The molecule has 0 saturated heterocycles. The molecule has 2 aliphatic rings. The fraction of sp³-hybridized carbons (Fsp3) is 0.677. The van der Waals surface area contributed by atoms with Crippen LogP contribution in [0.2, 0.25) is 0 Å². The molecular weight excluding hydrogens is 548 g/mol. The number of nitrogens with zero attached hydrogens (tertiary/aromatic N) is 3. The average Bonchev–Trinajstić information content (AvgIpc) is 2.91. The number of ether oxygens (including phenoxy) is 1. The first kappa shape index (κ1) is 32.3. The number of aromatic nitrogens is 2. The Morgan fingerprint density at radius 2 is 1.74 bits per heavy atom. The normalized spacial score (nSPS) is 26.7. The number of para-hydroxylation sites is 1. The third-order valence-corrected chi connectivity index (χ3v) is 8.83. The van der Waals surface area contributed by atoms with E-state index >= 15 is 0 Å². The van der Waals surface area contributed by atoms with Crippen molar-refractivity contribution in [2.24, 2.45) is 23.2 Å². The van der Waals surface area contributed by atoms with Gasteiger partial charge < -0.3 is 25.6 Å². The van der Waals surface area contributed by atoms with E-state index in [1.807, 2.05) is 0 Å². The molecule has 1 aromatic carbocycles. The lowest BCUT2D eigenvalue weighted by Gasteiger charge is -2.42. The van der Waals surface area contributed by atoms with Gasteiger partial charge in [0.15, 0.2) is 11.6 Å². The predicted octanol–water partition coefficient (Wildman–Crippen LogP) is 6.69. The van der Waals surface area contributed by atoms with Gasteiger partial charge in [-0.25, -0.2) is 9.37 Å². The Morgan fingerprint density at radius 1 is 1.02 bits per heavy atom. The van der Waals surface area contributed by atoms with E-state index in [9.17, 15) is 17.6 Å². The number of nitrogens with one attached hydrogen (secondary N) is 3. The Hall–Kier alpha value is -2.66. The number of hydrogen-bond donors (Lipinski definition) is 3. The van der Waals surface area contributed by atoms with Crippen LogP contribution in [0.3, 0.4) is 0 Å². The minimum absolute atomic E-state index is 0.0155. The molecule has 0 aliphatic heterocycles. The topological polar surface area (TPSA) is 74.3 Å². The van der Waals surface area contributed by atoms with Crippen molar-refractivity contribution in [3.63, 3.8) is 0 Å². The number of benzene rings is 1. The highest BCUT2D eigenvalue weighted by Crippen LogP contribution is 2.42. The summed E-state index contributed by atoms with van der Waals surface area (Å²) in [5.74, 6) is 1.20. The van der Waals surface area contributed by atoms with Crippen LogP contribution in [0.1, 0.15) is 64.4 Å². The van der Waals surface area contributed by atoms with Crippen LogP contribution in [0.15, 0.2) is 30.5 Å². The van der Waals surface area contributed by atoms with Crippen molar-refractivity contribution in [3.05, 3.63) is 41.8 Å². The zero-order valence-corrected chi connectivity index (χ0v) is 25.2. The molecular formula is C31H46F4N6O. The second kappa shape index (κ2) is 14.2. The molecule has 234 valence electrons. The lowest BCUT2D eigenvalue weighted by atomic mass is 9.67. The Morgan fingerprint density at radius 3 is 2.45 bits per heavy atom. The zero-order chi connectivity index (χ0) is 30.3. The van der Waals surface area contributed by atoms with Crippen LogP contribution in [0.4, 0.5) is 29.3 Å². The van der Waals surface area contributed by atoms with E-state index in [2.05, 4.69) is 63.5 Å². The van der Waals surface area contributed by atoms with Crippen LogP contribution >= 0.6 is 0 Å². The van der Waals surface area contributed by atoms with Crippen molar-refractivity contribution in [1.29, 1.82) is 0 Å².